The van der Waals surface area contributed by atoms with E-state index in [1.165, 1.54) is 56.9 Å². The maximum Gasteiger partial charge on any atom is 0.573 e. The minimum atomic E-state index is -5.15. The van der Waals surface area contributed by atoms with Crippen molar-refractivity contribution in [3.05, 3.63) is 64.2 Å². The number of unbranched alkanes of at least 4 members (excludes halogenated alkanes) is 2. The van der Waals surface area contributed by atoms with Crippen molar-refractivity contribution in [3.8, 4) is 5.75 Å². The van der Waals surface area contributed by atoms with Gasteiger partial charge in [-0.2, -0.15) is 0 Å². The number of ether oxygens (including phenoxy) is 1. The fourth-order valence-corrected chi connectivity index (χ4v) is 5.43. The van der Waals surface area contributed by atoms with Crippen LogP contribution in [-0.2, 0) is 6.42 Å². The largest absolute Gasteiger partial charge is 0.573 e. The van der Waals surface area contributed by atoms with Gasteiger partial charge in [0.1, 0.15) is 0 Å². The molecule has 0 bridgehead atoms. The number of benzene rings is 2. The molecule has 6 heteroatoms. The molecule has 2 aliphatic rings. The summed E-state index contributed by atoms with van der Waals surface area (Å²) in [5.41, 5.74) is 3.53. The fraction of sp³-hybridized carbons (Fsp3) is 0.500. The monoisotopic (exact) mass is 478 g/mol. The molecule has 2 aliphatic carbocycles. The maximum absolute atomic E-state index is 14.6. The van der Waals surface area contributed by atoms with Gasteiger partial charge in [0, 0.05) is 0 Å². The lowest BCUT2D eigenvalue weighted by molar-refractivity contribution is -0.276. The van der Waals surface area contributed by atoms with Crippen LogP contribution in [0.15, 0.2) is 30.3 Å². The second-order valence-electron chi connectivity index (χ2n) is 9.62. The summed E-state index contributed by atoms with van der Waals surface area (Å²) in [5, 5.41) is 0. The summed E-state index contributed by atoms with van der Waals surface area (Å²) in [6, 6.07) is 9.32. The van der Waals surface area contributed by atoms with E-state index in [1.807, 2.05) is 12.1 Å². The number of hydrogen-bond donors (Lipinski definition) is 0. The van der Waals surface area contributed by atoms with Crippen LogP contribution in [0.1, 0.15) is 92.9 Å². The van der Waals surface area contributed by atoms with Crippen molar-refractivity contribution in [2.24, 2.45) is 5.92 Å². The van der Waals surface area contributed by atoms with E-state index < -0.39 is 23.7 Å². The van der Waals surface area contributed by atoms with Gasteiger partial charge in [0.2, 0.25) is 5.75 Å². The van der Waals surface area contributed by atoms with Crippen molar-refractivity contribution < 1.29 is 26.7 Å². The molecule has 0 atom stereocenters. The predicted molar refractivity (Wildman–Crippen MR) is 125 cm³/mol. The average molecular weight is 479 g/mol. The number of halogens is 5. The van der Waals surface area contributed by atoms with Crippen LogP contribution in [-0.4, -0.2) is 6.36 Å². The Bertz CT molecular complexity index is 1010. The minimum Gasteiger partial charge on any atom is -0.399 e. The second kappa shape index (κ2) is 10.5. The number of alkyl halides is 3. The van der Waals surface area contributed by atoms with Crippen molar-refractivity contribution in [3.63, 3.8) is 0 Å². The smallest absolute Gasteiger partial charge is 0.399 e. The topological polar surface area (TPSA) is 9.23 Å². The molecule has 0 heterocycles. The first kappa shape index (κ1) is 24.7. The van der Waals surface area contributed by atoms with Crippen molar-refractivity contribution in [1.82, 2.24) is 0 Å². The molecule has 0 unspecified atom stereocenters. The third-order valence-electron chi connectivity index (χ3n) is 7.32. The molecule has 0 N–H and O–H groups in total. The van der Waals surface area contributed by atoms with E-state index in [1.54, 1.807) is 6.08 Å². The van der Waals surface area contributed by atoms with E-state index in [4.69, 9.17) is 0 Å². The average Bonchev–Trinajstić information content (AvgIpc) is 2.82. The number of rotatable bonds is 7. The highest BCUT2D eigenvalue weighted by Crippen LogP contribution is 2.40. The lowest BCUT2D eigenvalue weighted by Gasteiger charge is -2.29. The van der Waals surface area contributed by atoms with E-state index in [2.05, 4.69) is 23.8 Å². The summed E-state index contributed by atoms with van der Waals surface area (Å²) < 4.78 is 69.8. The quantitative estimate of drug-likeness (QED) is 0.285. The molecule has 184 valence electrons. The van der Waals surface area contributed by atoms with Gasteiger partial charge in [-0.1, -0.05) is 62.9 Å². The molecule has 1 nitrogen and oxygen atoms in total. The SMILES string of the molecule is CCCCCC1CCC(c2ccc(C3=Cc4cc(F)c(OC(F)(F)F)c(F)c4CC3)cc2)CC1. The summed E-state index contributed by atoms with van der Waals surface area (Å²) in [7, 11) is 0. The van der Waals surface area contributed by atoms with Crippen molar-refractivity contribution in [2.45, 2.75) is 83.4 Å². The predicted octanol–water partition coefficient (Wildman–Crippen LogP) is 9.20. The minimum absolute atomic E-state index is 0.0525. The second-order valence-corrected chi connectivity index (χ2v) is 9.62. The third-order valence-corrected chi connectivity index (χ3v) is 7.32. The van der Waals surface area contributed by atoms with E-state index in [0.29, 0.717) is 12.3 Å². The standard InChI is InChI=1S/C28H31F5O/c1-2-3-4-5-18-6-8-19(9-7-18)20-10-12-21(13-11-20)22-14-15-24-23(16-22)17-25(29)27(26(24)30)34-28(31,32)33/h10-13,16-19H,2-9,14-15H2,1H3. The Morgan fingerprint density at radius 3 is 2.29 bits per heavy atom. The Hall–Kier alpha value is -2.37. The highest BCUT2D eigenvalue weighted by Gasteiger charge is 2.35. The number of fused-ring (bicyclic) bond motifs is 1. The Morgan fingerprint density at radius 1 is 0.941 bits per heavy atom. The van der Waals surface area contributed by atoms with Crippen LogP contribution in [0.25, 0.3) is 11.6 Å². The summed E-state index contributed by atoms with van der Waals surface area (Å²) in [5.74, 6) is -2.58. The molecule has 2 aromatic rings. The van der Waals surface area contributed by atoms with Gasteiger partial charge in [0.15, 0.2) is 11.6 Å². The molecule has 34 heavy (non-hydrogen) atoms. The van der Waals surface area contributed by atoms with Crippen LogP contribution in [0, 0.1) is 17.6 Å². The molecule has 1 fully saturated rings. The van der Waals surface area contributed by atoms with Crippen LogP contribution in [0.3, 0.4) is 0 Å². The van der Waals surface area contributed by atoms with Crippen molar-refractivity contribution in [2.75, 3.05) is 0 Å². The highest BCUT2D eigenvalue weighted by molar-refractivity contribution is 5.84. The van der Waals surface area contributed by atoms with Crippen LogP contribution in [0.2, 0.25) is 0 Å². The normalized spacial score (nSPS) is 20.6. The van der Waals surface area contributed by atoms with Crippen LogP contribution in [0.5, 0.6) is 5.75 Å². The van der Waals surface area contributed by atoms with Crippen molar-refractivity contribution >= 4 is 11.6 Å². The zero-order valence-corrected chi connectivity index (χ0v) is 19.5. The van der Waals surface area contributed by atoms with Gasteiger partial charge in [0.05, 0.1) is 0 Å². The first-order chi connectivity index (χ1) is 16.2. The molecule has 0 amide bonds. The maximum atomic E-state index is 14.6. The highest BCUT2D eigenvalue weighted by atomic mass is 19.4. The molecule has 0 spiro atoms. The van der Waals surface area contributed by atoms with Crippen LogP contribution >= 0.6 is 0 Å². The molecular weight excluding hydrogens is 447 g/mol. The van der Waals surface area contributed by atoms with E-state index in [0.717, 1.165) is 23.1 Å². The summed E-state index contributed by atoms with van der Waals surface area (Å²) in [6.45, 7) is 2.24. The summed E-state index contributed by atoms with van der Waals surface area (Å²) in [4.78, 5) is 0. The Kier molecular flexibility index (Phi) is 7.63. The van der Waals surface area contributed by atoms with E-state index in [9.17, 15) is 22.0 Å². The lowest BCUT2D eigenvalue weighted by atomic mass is 9.76. The van der Waals surface area contributed by atoms with Crippen molar-refractivity contribution in [1.29, 1.82) is 0 Å². The fourth-order valence-electron chi connectivity index (χ4n) is 5.43. The van der Waals surface area contributed by atoms with Gasteiger partial charge >= 0.3 is 6.36 Å². The molecule has 0 aliphatic heterocycles. The zero-order chi connectivity index (χ0) is 24.3. The van der Waals surface area contributed by atoms with Gasteiger partial charge in [-0.25, -0.2) is 8.78 Å². The molecule has 0 radical (unpaired) electrons. The summed E-state index contributed by atoms with van der Waals surface area (Å²) >= 11 is 0. The van der Waals surface area contributed by atoms with Gasteiger partial charge in [-0.3, -0.25) is 0 Å². The van der Waals surface area contributed by atoms with Gasteiger partial charge in [-0.15, -0.1) is 13.2 Å². The van der Waals surface area contributed by atoms with Gasteiger partial charge in [0.25, 0.3) is 0 Å². The molecule has 0 saturated heterocycles. The molecular formula is C28H31F5O. The van der Waals surface area contributed by atoms with Gasteiger partial charge in [-0.05, 0) is 84.3 Å². The lowest BCUT2D eigenvalue weighted by Crippen LogP contribution is -2.20. The molecule has 2 aromatic carbocycles. The Balaban J connectivity index is 1.44. The van der Waals surface area contributed by atoms with E-state index in [-0.39, 0.29) is 17.5 Å². The van der Waals surface area contributed by atoms with Gasteiger partial charge < -0.3 is 4.74 Å². The van der Waals surface area contributed by atoms with Crippen LogP contribution in [0.4, 0.5) is 22.0 Å². The van der Waals surface area contributed by atoms with E-state index >= 15 is 0 Å². The Labute approximate surface area is 198 Å². The third kappa shape index (κ3) is 5.81. The molecule has 0 aromatic heterocycles. The zero-order valence-electron chi connectivity index (χ0n) is 19.5. The van der Waals surface area contributed by atoms with Crippen LogP contribution < -0.4 is 4.74 Å². The first-order valence-electron chi connectivity index (χ1n) is 12.3. The summed E-state index contributed by atoms with van der Waals surface area (Å²) in [6.07, 6.45) is 7.44. The molecule has 4 rings (SSSR count). The molecule has 1 saturated carbocycles. The Morgan fingerprint density at radius 2 is 1.65 bits per heavy atom. The number of hydrogen-bond acceptors (Lipinski definition) is 1. The first-order valence-corrected chi connectivity index (χ1v) is 12.3. The number of allylic oxidation sites excluding steroid dienone is 1.